The molecule has 0 aromatic heterocycles. The topological polar surface area (TPSA) is 47.9 Å². The number of methoxy groups -OCH3 is 1. The summed E-state index contributed by atoms with van der Waals surface area (Å²) in [6, 6.07) is 7.68. The number of ether oxygens (including phenoxy) is 1. The van der Waals surface area contributed by atoms with E-state index in [4.69, 9.17) is 9.57 Å². The van der Waals surface area contributed by atoms with Crippen molar-refractivity contribution in [1.29, 1.82) is 0 Å². The van der Waals surface area contributed by atoms with E-state index in [1.165, 1.54) is 0 Å². The molecule has 18 heavy (non-hydrogen) atoms. The van der Waals surface area contributed by atoms with Crippen molar-refractivity contribution < 1.29 is 14.4 Å². The van der Waals surface area contributed by atoms with Gasteiger partial charge < -0.3 is 9.57 Å². The fourth-order valence-corrected chi connectivity index (χ4v) is 1.89. The molecule has 0 saturated heterocycles. The van der Waals surface area contributed by atoms with Crippen LogP contribution in [0.4, 0.5) is 0 Å². The minimum atomic E-state index is -0.102. The Kier molecular flexibility index (Phi) is 3.97. The van der Waals surface area contributed by atoms with Crippen molar-refractivity contribution in [3.8, 4) is 5.75 Å². The highest BCUT2D eigenvalue weighted by atomic mass is 16.6. The van der Waals surface area contributed by atoms with Gasteiger partial charge in [0.1, 0.15) is 17.6 Å². The van der Waals surface area contributed by atoms with Crippen molar-refractivity contribution in [1.82, 2.24) is 0 Å². The van der Waals surface area contributed by atoms with Crippen LogP contribution in [0.15, 0.2) is 29.4 Å². The Balaban J connectivity index is 1.97. The summed E-state index contributed by atoms with van der Waals surface area (Å²) in [5.74, 6) is 1.03. The molecular weight excluding hydrogens is 230 g/mol. The number of rotatable bonds is 5. The lowest BCUT2D eigenvalue weighted by Crippen LogP contribution is -2.13. The summed E-state index contributed by atoms with van der Waals surface area (Å²) in [4.78, 5) is 16.6. The van der Waals surface area contributed by atoms with Gasteiger partial charge in [-0.2, -0.15) is 0 Å². The van der Waals surface area contributed by atoms with E-state index in [0.29, 0.717) is 19.3 Å². The second-order valence-electron chi connectivity index (χ2n) is 4.29. The summed E-state index contributed by atoms with van der Waals surface area (Å²) in [5, 5.41) is 4.05. The number of nitrogens with zero attached hydrogens (tertiary/aromatic N) is 1. The van der Waals surface area contributed by atoms with Crippen molar-refractivity contribution in [2.24, 2.45) is 5.16 Å². The third kappa shape index (κ3) is 2.88. The smallest absolute Gasteiger partial charge is 0.140 e. The van der Waals surface area contributed by atoms with Crippen LogP contribution in [-0.2, 0) is 9.63 Å². The van der Waals surface area contributed by atoms with Gasteiger partial charge in [-0.1, -0.05) is 12.1 Å². The summed E-state index contributed by atoms with van der Waals surface area (Å²) in [7, 11) is 1.64. The van der Waals surface area contributed by atoms with Crippen LogP contribution in [0.2, 0.25) is 0 Å². The average molecular weight is 247 g/mol. The molecule has 96 valence electrons. The number of hydrogen-bond acceptors (Lipinski definition) is 4. The molecule has 4 nitrogen and oxygen atoms in total. The zero-order chi connectivity index (χ0) is 13.0. The molecule has 1 unspecified atom stereocenters. The van der Waals surface area contributed by atoms with Gasteiger partial charge in [0.05, 0.1) is 12.8 Å². The van der Waals surface area contributed by atoms with Gasteiger partial charge in [0, 0.05) is 19.3 Å². The molecule has 0 fully saturated rings. The molecule has 0 radical (unpaired) electrons. The van der Waals surface area contributed by atoms with Crippen molar-refractivity contribution >= 4 is 11.5 Å². The van der Waals surface area contributed by atoms with Crippen molar-refractivity contribution in [2.45, 2.75) is 32.3 Å². The Labute approximate surface area is 107 Å². The molecule has 0 spiro atoms. The van der Waals surface area contributed by atoms with Crippen molar-refractivity contribution in [3.05, 3.63) is 29.8 Å². The molecule has 1 atom stereocenters. The van der Waals surface area contributed by atoms with Gasteiger partial charge >= 0.3 is 0 Å². The number of carbonyl (C=O) groups is 1. The van der Waals surface area contributed by atoms with Gasteiger partial charge in [-0.25, -0.2) is 0 Å². The lowest BCUT2D eigenvalue weighted by atomic mass is 10.0. The molecule has 1 aliphatic rings. The maximum Gasteiger partial charge on any atom is 0.140 e. The highest BCUT2D eigenvalue weighted by molar-refractivity contribution is 6.01. The zero-order valence-corrected chi connectivity index (χ0v) is 10.7. The summed E-state index contributed by atoms with van der Waals surface area (Å²) in [5.41, 5.74) is 1.91. The van der Waals surface area contributed by atoms with Crippen LogP contribution in [0, 0.1) is 0 Å². The van der Waals surface area contributed by atoms with Crippen LogP contribution in [0.3, 0.4) is 0 Å². The van der Waals surface area contributed by atoms with Crippen LogP contribution in [-0.4, -0.2) is 24.7 Å². The monoisotopic (exact) mass is 247 g/mol. The van der Waals surface area contributed by atoms with E-state index >= 15 is 0 Å². The Hall–Kier alpha value is -1.84. The van der Waals surface area contributed by atoms with E-state index in [2.05, 4.69) is 5.16 Å². The molecule has 0 N–H and O–H groups in total. The largest absolute Gasteiger partial charge is 0.497 e. The third-order valence-corrected chi connectivity index (χ3v) is 3.01. The standard InChI is InChI=1S/C14H17NO3/c1-3-11(16)8-13-9-14(15-18-13)10-4-6-12(17-2)7-5-10/h4-7,13H,3,8-9H2,1-2H3. The molecule has 0 bridgehead atoms. The van der Waals surface area contributed by atoms with Crippen molar-refractivity contribution in [3.63, 3.8) is 0 Å². The Morgan fingerprint density at radius 3 is 2.78 bits per heavy atom. The second kappa shape index (κ2) is 5.67. The van der Waals surface area contributed by atoms with E-state index in [1.54, 1.807) is 7.11 Å². The minimum Gasteiger partial charge on any atom is -0.497 e. The van der Waals surface area contributed by atoms with E-state index in [1.807, 2.05) is 31.2 Å². The van der Waals surface area contributed by atoms with Crippen LogP contribution in [0.25, 0.3) is 0 Å². The number of ketones is 1. The van der Waals surface area contributed by atoms with E-state index in [-0.39, 0.29) is 11.9 Å². The molecule has 1 aliphatic heterocycles. The first-order valence-corrected chi connectivity index (χ1v) is 6.11. The number of hydrogen-bond donors (Lipinski definition) is 0. The van der Waals surface area contributed by atoms with E-state index in [0.717, 1.165) is 17.0 Å². The summed E-state index contributed by atoms with van der Waals surface area (Å²) in [6.45, 7) is 1.86. The Bertz CT molecular complexity index is 451. The van der Waals surface area contributed by atoms with Gasteiger partial charge in [0.15, 0.2) is 0 Å². The molecule has 0 saturated carbocycles. The highest BCUT2D eigenvalue weighted by Crippen LogP contribution is 2.21. The van der Waals surface area contributed by atoms with Crippen LogP contribution < -0.4 is 4.74 Å². The summed E-state index contributed by atoms with van der Waals surface area (Å²) >= 11 is 0. The normalized spacial score (nSPS) is 18.1. The first kappa shape index (κ1) is 12.6. The first-order valence-electron chi connectivity index (χ1n) is 6.11. The van der Waals surface area contributed by atoms with Gasteiger partial charge in [-0.15, -0.1) is 0 Å². The zero-order valence-electron chi connectivity index (χ0n) is 10.7. The van der Waals surface area contributed by atoms with Gasteiger partial charge in [-0.05, 0) is 29.8 Å². The van der Waals surface area contributed by atoms with Crippen LogP contribution in [0.1, 0.15) is 31.7 Å². The average Bonchev–Trinajstić information content (AvgIpc) is 2.87. The first-order chi connectivity index (χ1) is 8.72. The number of Topliss-reactive ketones (excluding diaryl/α,β-unsaturated/α-hetero) is 1. The third-order valence-electron chi connectivity index (χ3n) is 3.01. The fraction of sp³-hybridized carbons (Fsp3) is 0.429. The second-order valence-corrected chi connectivity index (χ2v) is 4.29. The lowest BCUT2D eigenvalue weighted by molar-refractivity contribution is -0.121. The molecule has 0 amide bonds. The molecule has 4 heteroatoms. The maximum atomic E-state index is 11.3. The maximum absolute atomic E-state index is 11.3. The summed E-state index contributed by atoms with van der Waals surface area (Å²) < 4.78 is 5.10. The quantitative estimate of drug-likeness (QED) is 0.803. The predicted octanol–water partition coefficient (Wildman–Crippen LogP) is 2.56. The van der Waals surface area contributed by atoms with E-state index in [9.17, 15) is 4.79 Å². The molecule has 2 rings (SSSR count). The molecule has 0 aliphatic carbocycles. The van der Waals surface area contributed by atoms with Gasteiger partial charge in [0.2, 0.25) is 0 Å². The summed E-state index contributed by atoms with van der Waals surface area (Å²) in [6.07, 6.45) is 1.59. The van der Waals surface area contributed by atoms with Gasteiger partial charge in [-0.3, -0.25) is 4.79 Å². The highest BCUT2D eigenvalue weighted by Gasteiger charge is 2.23. The SMILES string of the molecule is CCC(=O)CC1CC(c2ccc(OC)cc2)=NO1. The molecule has 1 aromatic carbocycles. The molecular formula is C14H17NO3. The number of benzene rings is 1. The fourth-order valence-electron chi connectivity index (χ4n) is 1.89. The minimum absolute atomic E-state index is 0.102. The number of oxime groups is 1. The van der Waals surface area contributed by atoms with Crippen LogP contribution in [0.5, 0.6) is 5.75 Å². The Morgan fingerprint density at radius 2 is 2.17 bits per heavy atom. The number of carbonyl (C=O) groups excluding carboxylic acids is 1. The molecule has 1 aromatic rings. The van der Waals surface area contributed by atoms with Gasteiger partial charge in [0.25, 0.3) is 0 Å². The Morgan fingerprint density at radius 1 is 1.44 bits per heavy atom. The van der Waals surface area contributed by atoms with Crippen LogP contribution >= 0.6 is 0 Å². The van der Waals surface area contributed by atoms with Crippen molar-refractivity contribution in [2.75, 3.05) is 7.11 Å². The predicted molar refractivity (Wildman–Crippen MR) is 68.9 cm³/mol. The van der Waals surface area contributed by atoms with E-state index < -0.39 is 0 Å². The lowest BCUT2D eigenvalue weighted by Gasteiger charge is -2.05. The molecule has 1 heterocycles.